The minimum Gasteiger partial charge on any atom is -0.465 e. The van der Waals surface area contributed by atoms with Gasteiger partial charge >= 0.3 is 5.97 Å². The summed E-state index contributed by atoms with van der Waals surface area (Å²) < 4.78 is 15.8. The van der Waals surface area contributed by atoms with Crippen LogP contribution in [0, 0.1) is 5.92 Å². The Morgan fingerprint density at radius 3 is 2.52 bits per heavy atom. The normalized spacial score (nSPS) is 22.3. The van der Waals surface area contributed by atoms with Gasteiger partial charge in [0.05, 0.1) is 32.6 Å². The van der Waals surface area contributed by atoms with Gasteiger partial charge in [-0.15, -0.1) is 0 Å². The number of benzene rings is 1. The molecule has 1 aliphatic heterocycles. The third kappa shape index (κ3) is 6.34. The maximum absolute atomic E-state index is 11.6. The number of hydrogen-bond donors (Lipinski definition) is 1. The maximum Gasteiger partial charge on any atom is 0.366 e. The van der Waals surface area contributed by atoms with Gasteiger partial charge in [-0.3, -0.25) is 10.3 Å². The molecule has 0 aromatic heterocycles. The predicted octanol–water partition coefficient (Wildman–Crippen LogP) is 3.46. The van der Waals surface area contributed by atoms with Crippen LogP contribution in [0.4, 0.5) is 0 Å². The third-order valence-electron chi connectivity index (χ3n) is 4.76. The van der Waals surface area contributed by atoms with Crippen molar-refractivity contribution in [3.63, 3.8) is 0 Å². The first kappa shape index (κ1) is 21.4. The fraction of sp³-hybridized carbons (Fsp3) is 0.571. The smallest absolute Gasteiger partial charge is 0.366 e. The lowest BCUT2D eigenvalue weighted by Gasteiger charge is -2.35. The van der Waals surface area contributed by atoms with E-state index in [1.807, 2.05) is 12.1 Å². The highest BCUT2D eigenvalue weighted by Gasteiger charge is 2.41. The first-order chi connectivity index (χ1) is 13.0. The molecule has 0 saturated carbocycles. The fourth-order valence-corrected chi connectivity index (χ4v) is 2.86. The summed E-state index contributed by atoms with van der Waals surface area (Å²) in [7, 11) is 1.33. The summed E-state index contributed by atoms with van der Waals surface area (Å²) in [6.45, 7) is 9.32. The molecule has 1 fully saturated rings. The molecule has 2 rings (SSSR count). The van der Waals surface area contributed by atoms with Crippen LogP contribution in [-0.2, 0) is 30.3 Å². The van der Waals surface area contributed by atoms with Gasteiger partial charge in [-0.05, 0) is 30.4 Å². The van der Waals surface area contributed by atoms with Gasteiger partial charge in [-0.1, -0.05) is 44.2 Å². The van der Waals surface area contributed by atoms with Gasteiger partial charge in [0, 0.05) is 12.8 Å². The van der Waals surface area contributed by atoms with Crippen molar-refractivity contribution >= 4 is 11.7 Å². The molecule has 0 unspecified atom stereocenters. The Morgan fingerprint density at radius 2 is 1.93 bits per heavy atom. The van der Waals surface area contributed by atoms with Crippen molar-refractivity contribution in [1.29, 1.82) is 0 Å². The zero-order chi connectivity index (χ0) is 19.7. The summed E-state index contributed by atoms with van der Waals surface area (Å²) in [5.74, 6) is -1.48. The summed E-state index contributed by atoms with van der Waals surface area (Å²) in [5.41, 5.74) is 5.99. The number of carbonyl (C=O) groups excluding carboxylic acids is 1. The molecule has 1 aromatic rings. The van der Waals surface area contributed by atoms with Gasteiger partial charge in [0.25, 0.3) is 5.79 Å². The van der Waals surface area contributed by atoms with E-state index in [1.165, 1.54) is 12.7 Å². The molecule has 1 aromatic carbocycles. The number of rotatable bonds is 10. The lowest BCUT2D eigenvalue weighted by Crippen LogP contribution is -2.48. The molecular weight excluding hydrogens is 346 g/mol. The third-order valence-corrected chi connectivity index (χ3v) is 4.76. The summed E-state index contributed by atoms with van der Waals surface area (Å²) in [6, 6.07) is 8.29. The average molecular weight is 377 g/mol. The average Bonchev–Trinajstić information content (AvgIpc) is 2.71. The molecule has 0 radical (unpaired) electrons. The number of unbranched alkanes of at least 4 members (excludes halogenated alkanes) is 1. The highest BCUT2D eigenvalue weighted by molar-refractivity contribution is 5.77. The maximum atomic E-state index is 11.6. The van der Waals surface area contributed by atoms with Gasteiger partial charge in [-0.2, -0.15) is 0 Å². The van der Waals surface area contributed by atoms with Crippen molar-refractivity contribution in [3.05, 3.63) is 42.0 Å². The molecule has 1 aliphatic rings. The van der Waals surface area contributed by atoms with Crippen LogP contribution >= 0.6 is 0 Å². The van der Waals surface area contributed by atoms with E-state index in [-0.39, 0.29) is 5.92 Å². The predicted molar refractivity (Wildman–Crippen MR) is 104 cm³/mol. The van der Waals surface area contributed by atoms with Crippen LogP contribution in [0.15, 0.2) is 30.8 Å². The van der Waals surface area contributed by atoms with Gasteiger partial charge in [0.2, 0.25) is 0 Å². The van der Waals surface area contributed by atoms with E-state index in [9.17, 15) is 4.79 Å². The van der Waals surface area contributed by atoms with Crippen LogP contribution in [0.1, 0.15) is 44.2 Å². The fourth-order valence-electron chi connectivity index (χ4n) is 2.86. The van der Waals surface area contributed by atoms with Crippen molar-refractivity contribution in [2.24, 2.45) is 5.92 Å². The number of carbonyl (C=O) groups is 1. The van der Waals surface area contributed by atoms with Crippen molar-refractivity contribution in [1.82, 2.24) is 5.48 Å². The van der Waals surface area contributed by atoms with E-state index >= 15 is 0 Å². The van der Waals surface area contributed by atoms with E-state index in [0.717, 1.165) is 36.9 Å². The number of methoxy groups -OCH3 is 1. The molecule has 1 heterocycles. The molecule has 6 nitrogen and oxygen atoms in total. The number of hydroxylamine groups is 1. The van der Waals surface area contributed by atoms with E-state index in [4.69, 9.17) is 19.0 Å². The SMILES string of the molecule is C=C(NOCCCCC1COC(C)(C(=O)OC)OC1)c1ccc(CC)cc1. The minimum absolute atomic E-state index is 0.280. The number of ether oxygens (including phenoxy) is 3. The first-order valence-electron chi connectivity index (χ1n) is 9.51. The summed E-state index contributed by atoms with van der Waals surface area (Å²) >= 11 is 0. The Kier molecular flexibility index (Phi) is 8.28. The van der Waals surface area contributed by atoms with Gasteiger partial charge in [0.1, 0.15) is 0 Å². The minimum atomic E-state index is -1.27. The summed E-state index contributed by atoms with van der Waals surface area (Å²) in [6.07, 6.45) is 3.89. The molecule has 1 saturated heterocycles. The molecule has 0 spiro atoms. The zero-order valence-electron chi connectivity index (χ0n) is 16.6. The monoisotopic (exact) mass is 377 g/mol. The number of hydrogen-bond acceptors (Lipinski definition) is 6. The van der Waals surface area contributed by atoms with Crippen LogP contribution < -0.4 is 5.48 Å². The van der Waals surface area contributed by atoms with Crippen molar-refractivity contribution in [2.45, 2.75) is 45.3 Å². The highest BCUT2D eigenvalue weighted by atomic mass is 16.7. The highest BCUT2D eigenvalue weighted by Crippen LogP contribution is 2.25. The molecule has 0 bridgehead atoms. The van der Waals surface area contributed by atoms with Crippen LogP contribution in [0.2, 0.25) is 0 Å². The van der Waals surface area contributed by atoms with Crippen LogP contribution in [0.25, 0.3) is 5.70 Å². The van der Waals surface area contributed by atoms with Crippen molar-refractivity contribution in [2.75, 3.05) is 26.9 Å². The van der Waals surface area contributed by atoms with Gasteiger partial charge in [-0.25, -0.2) is 4.79 Å². The Hall–Kier alpha value is -1.89. The molecule has 0 amide bonds. The summed E-state index contributed by atoms with van der Waals surface area (Å²) in [4.78, 5) is 17.1. The second-order valence-electron chi connectivity index (χ2n) is 6.90. The van der Waals surface area contributed by atoms with Crippen LogP contribution in [0.5, 0.6) is 0 Å². The van der Waals surface area contributed by atoms with Crippen molar-refractivity contribution < 1.29 is 23.8 Å². The zero-order valence-corrected chi connectivity index (χ0v) is 16.6. The molecule has 27 heavy (non-hydrogen) atoms. The second-order valence-corrected chi connectivity index (χ2v) is 6.90. The Morgan fingerprint density at radius 1 is 1.26 bits per heavy atom. The number of aryl methyl sites for hydroxylation is 1. The van der Waals surface area contributed by atoms with E-state index < -0.39 is 11.8 Å². The molecule has 0 aliphatic carbocycles. The van der Waals surface area contributed by atoms with Crippen LogP contribution in [-0.4, -0.2) is 38.7 Å². The first-order valence-corrected chi connectivity index (χ1v) is 9.51. The number of nitrogens with one attached hydrogen (secondary N) is 1. The molecule has 0 atom stereocenters. The molecule has 1 N–H and O–H groups in total. The largest absolute Gasteiger partial charge is 0.465 e. The van der Waals surface area contributed by atoms with Crippen molar-refractivity contribution in [3.8, 4) is 0 Å². The van der Waals surface area contributed by atoms with E-state index in [2.05, 4.69) is 31.1 Å². The van der Waals surface area contributed by atoms with E-state index in [0.29, 0.717) is 19.8 Å². The van der Waals surface area contributed by atoms with Crippen LogP contribution in [0.3, 0.4) is 0 Å². The Bertz CT molecular complexity index is 606. The molecule has 6 heteroatoms. The van der Waals surface area contributed by atoms with Gasteiger partial charge in [0.15, 0.2) is 0 Å². The summed E-state index contributed by atoms with van der Waals surface area (Å²) in [5, 5.41) is 0. The Labute approximate surface area is 161 Å². The topological polar surface area (TPSA) is 66.0 Å². The second kappa shape index (κ2) is 10.4. The van der Waals surface area contributed by atoms with Gasteiger partial charge < -0.3 is 14.2 Å². The molecular formula is C21H31NO5. The standard InChI is InChI=1S/C21H31NO5/c1-5-17-9-11-19(12-10-17)16(2)22-27-13-7-6-8-18-14-25-21(3,26-15-18)20(23)24-4/h9-12,18,22H,2,5-8,13-15H2,1,3-4H3. The molecule has 150 valence electrons. The lowest BCUT2D eigenvalue weighted by molar-refractivity contribution is -0.272. The quantitative estimate of drug-likeness (QED) is 0.383. The Balaban J connectivity index is 1.56. The number of esters is 1. The lowest BCUT2D eigenvalue weighted by atomic mass is 10.0. The van der Waals surface area contributed by atoms with E-state index in [1.54, 1.807) is 6.92 Å².